The molecule has 4 nitrogen and oxygen atoms in total. The number of nitrogens with one attached hydrogen (secondary N) is 1. The van der Waals surface area contributed by atoms with Crippen LogP contribution in [0, 0.1) is 5.92 Å². The number of hydrogen-bond donors (Lipinski definition) is 1. The van der Waals surface area contributed by atoms with Crippen LogP contribution in [-0.4, -0.2) is 55.0 Å². The van der Waals surface area contributed by atoms with E-state index >= 15 is 0 Å². The molecule has 1 amide bonds. The van der Waals surface area contributed by atoms with Gasteiger partial charge in [0, 0.05) is 25.3 Å². The first-order valence-electron chi connectivity index (χ1n) is 8.47. The van der Waals surface area contributed by atoms with Crippen LogP contribution in [0.4, 0.5) is 0 Å². The Balaban J connectivity index is 1.77. The standard InChI is InChI=1S/C17H31N3O/c1-14(2)18-11-15-7-6-10-20(12-15)13-17(21)19(3)16-8-4-5-9-16/h8,14-15,18H,4-7,9-13H2,1-3H3. The average molecular weight is 293 g/mol. The molecule has 0 aromatic rings. The van der Waals surface area contributed by atoms with E-state index in [0.29, 0.717) is 18.5 Å². The highest BCUT2D eigenvalue weighted by Crippen LogP contribution is 2.21. The van der Waals surface area contributed by atoms with Gasteiger partial charge in [-0.15, -0.1) is 0 Å². The predicted octanol–water partition coefficient (Wildman–Crippen LogP) is 2.22. The number of nitrogens with zero attached hydrogens (tertiary/aromatic N) is 2. The lowest BCUT2D eigenvalue weighted by Gasteiger charge is -2.33. The van der Waals surface area contributed by atoms with Crippen LogP contribution in [0.2, 0.25) is 0 Å². The molecule has 0 aromatic heterocycles. The van der Waals surface area contributed by atoms with Gasteiger partial charge in [-0.2, -0.15) is 0 Å². The number of carbonyl (C=O) groups is 1. The number of piperidine rings is 1. The Kier molecular flexibility index (Phi) is 6.24. The molecule has 1 saturated heterocycles. The summed E-state index contributed by atoms with van der Waals surface area (Å²) in [5.74, 6) is 0.936. The topological polar surface area (TPSA) is 35.6 Å². The highest BCUT2D eigenvalue weighted by Gasteiger charge is 2.24. The fourth-order valence-electron chi connectivity index (χ4n) is 3.28. The number of likely N-dealkylation sites (tertiary alicyclic amines) is 1. The van der Waals surface area contributed by atoms with Crippen LogP contribution in [0.15, 0.2) is 11.8 Å². The van der Waals surface area contributed by atoms with E-state index in [1.54, 1.807) is 0 Å². The van der Waals surface area contributed by atoms with Gasteiger partial charge in [-0.3, -0.25) is 9.69 Å². The van der Waals surface area contributed by atoms with Crippen molar-refractivity contribution in [1.82, 2.24) is 15.1 Å². The van der Waals surface area contributed by atoms with Crippen molar-refractivity contribution in [2.24, 2.45) is 5.92 Å². The molecule has 1 atom stereocenters. The summed E-state index contributed by atoms with van der Waals surface area (Å²) >= 11 is 0. The van der Waals surface area contributed by atoms with Crippen LogP contribution in [-0.2, 0) is 4.79 Å². The Bertz CT molecular complexity index is 378. The molecular formula is C17H31N3O. The van der Waals surface area contributed by atoms with Gasteiger partial charge in [-0.25, -0.2) is 0 Å². The van der Waals surface area contributed by atoms with Crippen molar-refractivity contribution < 1.29 is 4.79 Å². The Labute approximate surface area is 129 Å². The number of amides is 1. The molecule has 1 fully saturated rings. The highest BCUT2D eigenvalue weighted by atomic mass is 16.2. The maximum Gasteiger partial charge on any atom is 0.240 e. The van der Waals surface area contributed by atoms with E-state index in [1.807, 2.05) is 11.9 Å². The lowest BCUT2D eigenvalue weighted by molar-refractivity contribution is -0.129. The van der Waals surface area contributed by atoms with Gasteiger partial charge in [0.1, 0.15) is 0 Å². The fourth-order valence-corrected chi connectivity index (χ4v) is 3.28. The van der Waals surface area contributed by atoms with Gasteiger partial charge < -0.3 is 10.2 Å². The van der Waals surface area contributed by atoms with Crippen LogP contribution in [0.3, 0.4) is 0 Å². The first kappa shape index (κ1) is 16.5. The average Bonchev–Trinajstić information content (AvgIpc) is 2.98. The third kappa shape index (κ3) is 5.11. The largest absolute Gasteiger partial charge is 0.318 e. The smallest absolute Gasteiger partial charge is 0.240 e. The summed E-state index contributed by atoms with van der Waals surface area (Å²) in [7, 11) is 1.93. The summed E-state index contributed by atoms with van der Waals surface area (Å²) in [5, 5.41) is 3.53. The molecule has 1 N–H and O–H groups in total. The van der Waals surface area contributed by atoms with Crippen molar-refractivity contribution in [1.29, 1.82) is 0 Å². The van der Waals surface area contributed by atoms with E-state index in [2.05, 4.69) is 30.1 Å². The van der Waals surface area contributed by atoms with E-state index in [0.717, 1.165) is 32.5 Å². The van der Waals surface area contributed by atoms with Gasteiger partial charge >= 0.3 is 0 Å². The third-order valence-corrected chi connectivity index (χ3v) is 4.60. The van der Waals surface area contributed by atoms with Gasteiger partial charge in [0.05, 0.1) is 6.54 Å². The van der Waals surface area contributed by atoms with Gasteiger partial charge in [0.25, 0.3) is 0 Å². The molecule has 1 unspecified atom stereocenters. The molecule has 1 aliphatic carbocycles. The minimum Gasteiger partial charge on any atom is -0.318 e. The Morgan fingerprint density at radius 3 is 2.95 bits per heavy atom. The molecule has 0 radical (unpaired) electrons. The Hall–Kier alpha value is -0.870. The second-order valence-electron chi connectivity index (χ2n) is 6.85. The van der Waals surface area contributed by atoms with Crippen LogP contribution < -0.4 is 5.32 Å². The lowest BCUT2D eigenvalue weighted by atomic mass is 9.97. The summed E-state index contributed by atoms with van der Waals surface area (Å²) in [4.78, 5) is 16.6. The van der Waals surface area contributed by atoms with Gasteiger partial charge in [-0.1, -0.05) is 19.9 Å². The van der Waals surface area contributed by atoms with E-state index in [4.69, 9.17) is 0 Å². The zero-order valence-electron chi connectivity index (χ0n) is 13.9. The molecule has 1 heterocycles. The molecule has 0 aromatic carbocycles. The lowest BCUT2D eigenvalue weighted by Crippen LogP contribution is -2.45. The second kappa shape index (κ2) is 7.95. The summed E-state index contributed by atoms with van der Waals surface area (Å²) in [5.41, 5.74) is 1.22. The molecule has 2 rings (SSSR count). The van der Waals surface area contributed by atoms with E-state index < -0.39 is 0 Å². The van der Waals surface area contributed by atoms with E-state index in [9.17, 15) is 4.79 Å². The van der Waals surface area contributed by atoms with Crippen molar-refractivity contribution in [3.8, 4) is 0 Å². The molecule has 0 spiro atoms. The third-order valence-electron chi connectivity index (χ3n) is 4.60. The number of likely N-dealkylation sites (N-methyl/N-ethyl adjacent to an activating group) is 1. The molecule has 4 heteroatoms. The normalized spacial score (nSPS) is 23.4. The second-order valence-corrected chi connectivity index (χ2v) is 6.85. The summed E-state index contributed by atoms with van der Waals surface area (Å²) in [6.45, 7) is 8.15. The van der Waals surface area contributed by atoms with Crippen LogP contribution in [0.25, 0.3) is 0 Å². The number of hydrogen-bond acceptors (Lipinski definition) is 3. The summed E-state index contributed by atoms with van der Waals surface area (Å²) < 4.78 is 0. The molecule has 21 heavy (non-hydrogen) atoms. The van der Waals surface area contributed by atoms with Crippen LogP contribution in [0.5, 0.6) is 0 Å². The van der Waals surface area contributed by atoms with Gasteiger partial charge in [0.15, 0.2) is 0 Å². The van der Waals surface area contributed by atoms with Crippen molar-refractivity contribution in [2.45, 2.75) is 52.0 Å². The van der Waals surface area contributed by atoms with Crippen molar-refractivity contribution in [3.63, 3.8) is 0 Å². The minimum absolute atomic E-state index is 0.251. The van der Waals surface area contributed by atoms with Crippen LogP contribution in [0.1, 0.15) is 46.0 Å². The van der Waals surface area contributed by atoms with Crippen molar-refractivity contribution >= 4 is 5.91 Å². The maximum absolute atomic E-state index is 12.4. The zero-order valence-corrected chi connectivity index (χ0v) is 13.9. The minimum atomic E-state index is 0.251. The summed E-state index contributed by atoms with van der Waals surface area (Å²) in [6, 6.07) is 0.544. The monoisotopic (exact) mass is 293 g/mol. The predicted molar refractivity (Wildman–Crippen MR) is 87.0 cm³/mol. The first-order chi connectivity index (χ1) is 10.1. The molecule has 120 valence electrons. The molecule has 2 aliphatic rings. The zero-order chi connectivity index (χ0) is 15.2. The maximum atomic E-state index is 12.4. The number of rotatable bonds is 6. The number of carbonyl (C=O) groups excluding carboxylic acids is 1. The van der Waals surface area contributed by atoms with E-state index in [-0.39, 0.29) is 5.91 Å². The molecule has 0 saturated carbocycles. The van der Waals surface area contributed by atoms with Crippen molar-refractivity contribution in [3.05, 3.63) is 11.8 Å². The van der Waals surface area contributed by atoms with Gasteiger partial charge in [-0.05, 0) is 51.1 Å². The van der Waals surface area contributed by atoms with Gasteiger partial charge in [0.2, 0.25) is 5.91 Å². The molecular weight excluding hydrogens is 262 g/mol. The quantitative estimate of drug-likeness (QED) is 0.815. The Morgan fingerprint density at radius 2 is 2.29 bits per heavy atom. The first-order valence-corrected chi connectivity index (χ1v) is 8.47. The van der Waals surface area contributed by atoms with E-state index in [1.165, 1.54) is 25.0 Å². The SMILES string of the molecule is CC(C)NCC1CCCN(CC(=O)N(C)C2=CCCC2)C1. The van der Waals surface area contributed by atoms with Crippen molar-refractivity contribution in [2.75, 3.05) is 33.2 Å². The number of allylic oxidation sites excluding steroid dienone is 2. The van der Waals surface area contributed by atoms with Crippen LogP contribution >= 0.6 is 0 Å². The molecule has 1 aliphatic heterocycles. The highest BCUT2D eigenvalue weighted by molar-refractivity contribution is 5.79. The summed E-state index contributed by atoms with van der Waals surface area (Å²) in [6.07, 6.45) is 8.08. The fraction of sp³-hybridized carbons (Fsp3) is 0.824. The Morgan fingerprint density at radius 1 is 1.48 bits per heavy atom. The molecule has 0 bridgehead atoms.